The van der Waals surface area contributed by atoms with Crippen LogP contribution in [0.4, 0.5) is 0 Å². The van der Waals surface area contributed by atoms with Gasteiger partial charge >= 0.3 is 0 Å². The first-order valence-electron chi connectivity index (χ1n) is 16.1. The maximum atomic E-state index is 4.05. The first-order chi connectivity index (χ1) is 18.9. The zero-order valence-electron chi connectivity index (χ0n) is 25.3. The minimum Gasteiger partial charge on any atom is -0.0910 e. The summed E-state index contributed by atoms with van der Waals surface area (Å²) in [6.07, 6.45) is 16.4. The minimum atomic E-state index is 0.169. The Morgan fingerprint density at radius 1 is 0.400 bits per heavy atom. The summed E-state index contributed by atoms with van der Waals surface area (Å²) in [7, 11) is 0. The van der Waals surface area contributed by atoms with E-state index in [1.165, 1.54) is 88.2 Å². The molecule has 206 valence electrons. The van der Waals surface area contributed by atoms with E-state index in [4.69, 9.17) is 0 Å². The van der Waals surface area contributed by atoms with Crippen LogP contribution in [0.15, 0.2) is 60.7 Å². The predicted octanol–water partition coefficient (Wildman–Crippen LogP) is 9.82. The highest BCUT2D eigenvalue weighted by atomic mass is 14.8. The summed E-state index contributed by atoms with van der Waals surface area (Å²) in [4.78, 5) is 0. The van der Waals surface area contributed by atoms with Gasteiger partial charge in [0, 0.05) is 22.0 Å². The third kappa shape index (κ3) is 3.74. The van der Waals surface area contributed by atoms with E-state index >= 15 is 0 Å². The van der Waals surface area contributed by atoms with Crippen LogP contribution in [0.1, 0.15) is 116 Å². The van der Waals surface area contributed by atoms with E-state index in [0.29, 0.717) is 32.5 Å². The highest BCUT2D eigenvalue weighted by Crippen LogP contribution is 2.85. The molecule has 8 aliphatic rings. The minimum absolute atomic E-state index is 0.169. The van der Waals surface area contributed by atoms with Gasteiger partial charge in [0.25, 0.3) is 0 Å². The monoisotopic (exact) mass is 526 g/mol. The van der Waals surface area contributed by atoms with Crippen LogP contribution in [-0.2, 0) is 0 Å². The Balaban J connectivity index is 1.25. The van der Waals surface area contributed by atoms with Crippen LogP contribution in [-0.4, -0.2) is 0 Å². The number of rotatable bonds is 1. The van der Waals surface area contributed by atoms with E-state index in [1.807, 2.05) is 0 Å². The molecule has 2 aromatic carbocycles. The maximum absolute atomic E-state index is 4.05. The fraction of sp³-hybridized carbons (Fsp3) is 0.600. The molecule has 0 radical (unpaired) electrons. The van der Waals surface area contributed by atoms with Gasteiger partial charge in [-0.15, -0.1) is 0 Å². The lowest BCUT2D eigenvalue weighted by Gasteiger charge is -2.79. The molecule has 8 bridgehead atoms. The van der Waals surface area contributed by atoms with Crippen molar-refractivity contribution in [2.75, 3.05) is 0 Å². The largest absolute Gasteiger partial charge is 0.0910 e. The fourth-order valence-corrected chi connectivity index (χ4v) is 14.2. The van der Waals surface area contributed by atoms with Gasteiger partial charge in [0.1, 0.15) is 0 Å². The average molecular weight is 527 g/mol. The lowest BCUT2D eigenvalue weighted by molar-refractivity contribution is -0.283. The van der Waals surface area contributed by atoms with Gasteiger partial charge in [-0.2, -0.15) is 0 Å². The molecule has 0 nitrogen and oxygen atoms in total. The Morgan fingerprint density at radius 3 is 1.05 bits per heavy atom. The normalized spacial score (nSPS) is 49.2. The van der Waals surface area contributed by atoms with E-state index in [-0.39, 0.29) is 10.8 Å². The Labute approximate surface area is 243 Å². The molecule has 8 fully saturated rings. The molecule has 0 heterocycles. The predicted molar refractivity (Wildman–Crippen MR) is 164 cm³/mol. The van der Waals surface area contributed by atoms with Gasteiger partial charge in [-0.1, -0.05) is 87.8 Å². The molecule has 0 aliphatic heterocycles. The van der Waals surface area contributed by atoms with Crippen molar-refractivity contribution < 1.29 is 0 Å². The van der Waals surface area contributed by atoms with Crippen LogP contribution < -0.4 is 0 Å². The lowest BCUT2D eigenvalue weighted by atomic mass is 9.25. The van der Waals surface area contributed by atoms with Gasteiger partial charge in [0.05, 0.1) is 0 Å². The lowest BCUT2D eigenvalue weighted by Crippen LogP contribution is -2.70. The highest BCUT2D eigenvalue weighted by molar-refractivity contribution is 5.40. The van der Waals surface area contributed by atoms with E-state index in [9.17, 15) is 0 Å². The molecule has 0 heteroatoms. The number of benzene rings is 2. The molecule has 10 rings (SSSR count). The van der Waals surface area contributed by atoms with E-state index < -0.39 is 0 Å². The molecule has 0 amide bonds. The van der Waals surface area contributed by atoms with Crippen molar-refractivity contribution in [1.82, 2.24) is 0 Å². The topological polar surface area (TPSA) is 0 Å². The summed E-state index contributed by atoms with van der Waals surface area (Å²) in [5.74, 6) is 15.5. The quantitative estimate of drug-likeness (QED) is 0.324. The van der Waals surface area contributed by atoms with Crippen molar-refractivity contribution in [1.29, 1.82) is 0 Å². The molecule has 2 aromatic rings. The fourth-order valence-electron chi connectivity index (χ4n) is 14.2. The summed E-state index contributed by atoms with van der Waals surface area (Å²) in [5, 5.41) is 0. The smallest absolute Gasteiger partial charge is 0.0334 e. The van der Waals surface area contributed by atoms with Crippen LogP contribution in [0.2, 0.25) is 0 Å². The van der Waals surface area contributed by atoms with Crippen LogP contribution in [0.5, 0.6) is 0 Å². The molecule has 0 N–H and O–H groups in total. The van der Waals surface area contributed by atoms with Gasteiger partial charge in [-0.3, -0.25) is 0 Å². The summed E-state index contributed by atoms with van der Waals surface area (Å²) >= 11 is 0. The molecular weight excluding hydrogens is 480 g/mol. The summed E-state index contributed by atoms with van der Waals surface area (Å²) < 4.78 is 0. The van der Waals surface area contributed by atoms with Crippen molar-refractivity contribution in [3.63, 3.8) is 0 Å². The molecule has 0 spiro atoms. The second kappa shape index (κ2) is 7.69. The van der Waals surface area contributed by atoms with Crippen molar-refractivity contribution in [3.8, 4) is 23.7 Å². The van der Waals surface area contributed by atoms with E-state index in [0.717, 1.165) is 0 Å². The van der Waals surface area contributed by atoms with Gasteiger partial charge in [0.2, 0.25) is 0 Å². The Bertz CT molecular complexity index is 1330. The summed E-state index contributed by atoms with van der Waals surface area (Å²) in [6, 6.07) is 21.6. The van der Waals surface area contributed by atoms with Gasteiger partial charge in [0.15, 0.2) is 0 Å². The van der Waals surface area contributed by atoms with Crippen molar-refractivity contribution >= 4 is 0 Å². The summed E-state index contributed by atoms with van der Waals surface area (Å²) in [5.41, 5.74) is 5.20. The molecule has 0 aromatic heterocycles. The molecule has 4 atom stereocenters. The highest BCUT2D eigenvalue weighted by Gasteiger charge is 2.76. The van der Waals surface area contributed by atoms with Crippen LogP contribution in [0.3, 0.4) is 0 Å². The Kier molecular flexibility index (Phi) is 4.86. The van der Waals surface area contributed by atoms with E-state index in [1.54, 1.807) is 0 Å². The standard InChI is InChI=1S/C40H46/c1-33-19-34(2)22-37(21-33,17-15-31-11-7-5-8-12-31)29-39(25-33,26-34)40-27-35(3)20-36(4,28-40)24-38(23-35,30-40)18-16-32-13-9-6-10-14-32/h5-14H,19-30H2,1-4H3. The molecule has 0 saturated heterocycles. The SMILES string of the molecule is CC12CC3(C)CC(C#Cc4ccccc4)(C1)CC(C14CC5(C)CC(C)(CC(C#Cc6ccccc6)(C5)C1)C4)(C2)C3. The first-order valence-corrected chi connectivity index (χ1v) is 16.1. The van der Waals surface area contributed by atoms with E-state index in [2.05, 4.69) is 112 Å². The molecule has 40 heavy (non-hydrogen) atoms. The van der Waals surface area contributed by atoms with Crippen molar-refractivity contribution in [3.05, 3.63) is 71.8 Å². The first kappa shape index (κ1) is 25.3. The molecule has 8 aliphatic carbocycles. The van der Waals surface area contributed by atoms with Crippen LogP contribution in [0.25, 0.3) is 0 Å². The Morgan fingerprint density at radius 2 is 0.725 bits per heavy atom. The number of hydrogen-bond donors (Lipinski definition) is 0. The molecule has 8 saturated carbocycles. The second-order valence-electron chi connectivity index (χ2n) is 17.7. The van der Waals surface area contributed by atoms with Gasteiger partial charge in [-0.25, -0.2) is 0 Å². The van der Waals surface area contributed by atoms with Crippen molar-refractivity contribution in [2.24, 2.45) is 43.3 Å². The summed E-state index contributed by atoms with van der Waals surface area (Å²) in [6.45, 7) is 10.6. The third-order valence-electron chi connectivity index (χ3n) is 12.8. The van der Waals surface area contributed by atoms with Crippen LogP contribution >= 0.6 is 0 Å². The van der Waals surface area contributed by atoms with Crippen molar-refractivity contribution in [2.45, 2.75) is 105 Å². The Hall–Kier alpha value is -2.44. The maximum Gasteiger partial charge on any atom is 0.0334 e. The zero-order valence-corrected chi connectivity index (χ0v) is 25.3. The second-order valence-corrected chi connectivity index (χ2v) is 17.7. The zero-order chi connectivity index (χ0) is 27.5. The average Bonchev–Trinajstić information content (AvgIpc) is 2.83. The molecular formula is C40H46. The third-order valence-corrected chi connectivity index (χ3v) is 12.8. The van der Waals surface area contributed by atoms with Crippen LogP contribution in [0, 0.1) is 67.0 Å². The number of hydrogen-bond acceptors (Lipinski definition) is 0. The van der Waals surface area contributed by atoms with Gasteiger partial charge in [-0.05, 0) is 134 Å². The van der Waals surface area contributed by atoms with Gasteiger partial charge < -0.3 is 0 Å². The molecule has 4 unspecified atom stereocenters.